The monoisotopic (exact) mass is 673 g/mol. The highest BCUT2D eigenvalue weighted by molar-refractivity contribution is 6.26. The molecule has 256 valence electrons. The lowest BCUT2D eigenvalue weighted by atomic mass is 9.80. The number of fused-ring (bicyclic) bond motifs is 1. The van der Waals surface area contributed by atoms with Crippen LogP contribution in [-0.4, -0.2) is 60.3 Å². The molecular formula is C40H39N3O7. The smallest absolute Gasteiger partial charge is 0.264 e. The molecule has 6 rings (SSSR count). The Morgan fingerprint density at radius 2 is 1.34 bits per heavy atom. The molecule has 2 aliphatic rings. The van der Waals surface area contributed by atoms with Crippen LogP contribution in [0.25, 0.3) is 0 Å². The number of ether oxygens (including phenoxy) is 2. The fourth-order valence-electron chi connectivity index (χ4n) is 6.62. The summed E-state index contributed by atoms with van der Waals surface area (Å²) in [5.41, 5.74) is 2.67. The highest BCUT2D eigenvalue weighted by Crippen LogP contribution is 2.40. The number of amides is 5. The van der Waals surface area contributed by atoms with Gasteiger partial charge in [-0.05, 0) is 48.1 Å². The average Bonchev–Trinajstić information content (AvgIpc) is 3.39. The highest BCUT2D eigenvalue weighted by Gasteiger charge is 2.45. The van der Waals surface area contributed by atoms with Crippen LogP contribution in [0, 0.1) is 0 Å². The van der Waals surface area contributed by atoms with E-state index in [4.69, 9.17) is 9.47 Å². The number of hydrogen-bond acceptors (Lipinski definition) is 7. The lowest BCUT2D eigenvalue weighted by molar-refractivity contribution is -0.136. The molecule has 5 amide bonds. The molecule has 1 saturated heterocycles. The van der Waals surface area contributed by atoms with Crippen molar-refractivity contribution in [1.29, 1.82) is 0 Å². The molecule has 1 unspecified atom stereocenters. The summed E-state index contributed by atoms with van der Waals surface area (Å²) in [6, 6.07) is 34.1. The third kappa shape index (κ3) is 7.27. The second-order valence-electron chi connectivity index (χ2n) is 12.3. The van der Waals surface area contributed by atoms with E-state index >= 15 is 0 Å². The maximum atomic E-state index is 13.3. The molecule has 0 spiro atoms. The Balaban J connectivity index is 0.970. The number of nitrogens with one attached hydrogen (secondary N) is 2. The maximum absolute atomic E-state index is 13.3. The number of carbonyl (C=O) groups excluding carboxylic acids is 5. The van der Waals surface area contributed by atoms with Gasteiger partial charge in [-0.1, -0.05) is 103 Å². The Morgan fingerprint density at radius 3 is 1.94 bits per heavy atom. The lowest BCUT2D eigenvalue weighted by Gasteiger charge is -2.36. The third-order valence-electron chi connectivity index (χ3n) is 9.02. The largest absolute Gasteiger partial charge is 0.379 e. The molecule has 10 nitrogen and oxygen atoms in total. The zero-order valence-electron chi connectivity index (χ0n) is 27.6. The number of rotatable bonds is 15. The minimum Gasteiger partial charge on any atom is -0.379 e. The second-order valence-corrected chi connectivity index (χ2v) is 12.3. The summed E-state index contributed by atoms with van der Waals surface area (Å²) in [7, 11) is 0. The van der Waals surface area contributed by atoms with Crippen LogP contribution >= 0.6 is 0 Å². The van der Waals surface area contributed by atoms with Crippen LogP contribution < -0.4 is 10.6 Å². The normalized spacial score (nSPS) is 15.9. The molecule has 4 aromatic carbocycles. The quantitative estimate of drug-likeness (QED) is 0.0953. The van der Waals surface area contributed by atoms with Crippen LogP contribution in [0.5, 0.6) is 0 Å². The molecular weight excluding hydrogens is 634 g/mol. The zero-order chi connectivity index (χ0) is 34.9. The molecule has 2 N–H and O–H groups in total. The molecule has 2 heterocycles. The van der Waals surface area contributed by atoms with Crippen LogP contribution in [0.1, 0.15) is 75.9 Å². The molecule has 4 aromatic rings. The Morgan fingerprint density at radius 1 is 0.720 bits per heavy atom. The van der Waals surface area contributed by atoms with Gasteiger partial charge in [0.05, 0.1) is 30.0 Å². The number of anilines is 1. The van der Waals surface area contributed by atoms with Crippen LogP contribution in [0.4, 0.5) is 5.69 Å². The first kappa shape index (κ1) is 34.4. The molecule has 0 aromatic heterocycles. The minimum absolute atomic E-state index is 0.0314. The average molecular weight is 674 g/mol. The molecule has 0 radical (unpaired) electrons. The first-order chi connectivity index (χ1) is 24.4. The summed E-state index contributed by atoms with van der Waals surface area (Å²) >= 11 is 0. The number of nitrogens with zero attached hydrogens (tertiary/aromatic N) is 1. The fourth-order valence-corrected chi connectivity index (χ4v) is 6.62. The van der Waals surface area contributed by atoms with Gasteiger partial charge < -0.3 is 14.8 Å². The number of benzene rings is 4. The van der Waals surface area contributed by atoms with Crippen LogP contribution in [0.2, 0.25) is 0 Å². The van der Waals surface area contributed by atoms with Crippen LogP contribution in [0.15, 0.2) is 109 Å². The van der Waals surface area contributed by atoms with E-state index in [1.807, 2.05) is 54.6 Å². The van der Waals surface area contributed by atoms with Gasteiger partial charge >= 0.3 is 0 Å². The number of hydrogen-bond donors (Lipinski definition) is 2. The minimum atomic E-state index is -1.07. The number of unbranched alkanes of at least 4 members (excludes halogenated alkanes) is 2. The van der Waals surface area contributed by atoms with E-state index in [0.717, 1.165) is 34.4 Å². The van der Waals surface area contributed by atoms with Crippen molar-refractivity contribution >= 4 is 35.2 Å². The van der Waals surface area contributed by atoms with Crippen molar-refractivity contribution in [3.8, 4) is 0 Å². The van der Waals surface area contributed by atoms with Crippen LogP contribution in [0.3, 0.4) is 0 Å². The van der Waals surface area contributed by atoms with Gasteiger partial charge in [-0.25, -0.2) is 0 Å². The van der Waals surface area contributed by atoms with Gasteiger partial charge in [0.2, 0.25) is 17.7 Å². The summed E-state index contributed by atoms with van der Waals surface area (Å²) in [6.45, 7) is 1.28. The SMILES string of the molecule is O=C1CCC(N2C(=O)c3cccc(NC(=O)CCCCCOCCOC(c4ccccc4)(c4ccccc4)c4ccccc4)c3C2=O)C(=O)N1. The van der Waals surface area contributed by atoms with Gasteiger partial charge in [0.15, 0.2) is 0 Å². The van der Waals surface area contributed by atoms with Crippen molar-refractivity contribution < 1.29 is 33.4 Å². The standard InChI is InChI=1S/C40H39N3O7/c44-34(41-32-21-13-20-31-36(32)39(48)43(38(31)47)33-23-24-35(45)42-37(33)46)22-11-4-12-25-49-26-27-50-40(28-14-5-1-6-15-28,29-16-7-2-8-17-29)30-18-9-3-10-19-30/h1-3,5-10,13-21,33H,4,11-12,22-27H2,(H,41,44)(H,42,45,46). The summed E-state index contributed by atoms with van der Waals surface area (Å²) in [4.78, 5) is 64.0. The predicted molar refractivity (Wildman–Crippen MR) is 186 cm³/mol. The van der Waals surface area contributed by atoms with E-state index in [-0.39, 0.29) is 42.0 Å². The Hall–Kier alpha value is -5.45. The topological polar surface area (TPSA) is 131 Å². The molecule has 1 fully saturated rings. The van der Waals surface area contributed by atoms with Gasteiger partial charge in [0.1, 0.15) is 11.6 Å². The summed E-state index contributed by atoms with van der Waals surface area (Å²) in [5, 5.41) is 4.95. The number of imide groups is 2. The molecule has 1 atom stereocenters. The van der Waals surface area contributed by atoms with Gasteiger partial charge in [0, 0.05) is 19.4 Å². The van der Waals surface area contributed by atoms with Crippen molar-refractivity contribution in [2.75, 3.05) is 25.1 Å². The van der Waals surface area contributed by atoms with Crippen molar-refractivity contribution in [2.24, 2.45) is 0 Å². The molecule has 2 aliphatic heterocycles. The number of piperidine rings is 1. The molecule has 0 aliphatic carbocycles. The summed E-state index contributed by atoms with van der Waals surface area (Å²) in [6.07, 6.45) is 2.43. The molecule has 0 bridgehead atoms. The molecule has 10 heteroatoms. The van der Waals surface area contributed by atoms with E-state index in [0.29, 0.717) is 26.2 Å². The van der Waals surface area contributed by atoms with Gasteiger partial charge in [-0.2, -0.15) is 0 Å². The Kier molecular flexibility index (Phi) is 10.9. The lowest BCUT2D eigenvalue weighted by Crippen LogP contribution is -2.54. The Bertz CT molecular complexity index is 1750. The van der Waals surface area contributed by atoms with Crippen molar-refractivity contribution in [3.05, 3.63) is 137 Å². The van der Waals surface area contributed by atoms with Crippen LogP contribution in [-0.2, 0) is 29.5 Å². The predicted octanol–water partition coefficient (Wildman–Crippen LogP) is 5.61. The van der Waals surface area contributed by atoms with Crippen molar-refractivity contribution in [2.45, 2.75) is 50.2 Å². The molecule has 0 saturated carbocycles. The van der Waals surface area contributed by atoms with Gasteiger partial charge in [0.25, 0.3) is 11.8 Å². The van der Waals surface area contributed by atoms with E-state index in [9.17, 15) is 24.0 Å². The first-order valence-electron chi connectivity index (χ1n) is 16.9. The third-order valence-corrected chi connectivity index (χ3v) is 9.02. The number of carbonyl (C=O) groups is 5. The van der Waals surface area contributed by atoms with E-state index < -0.39 is 35.3 Å². The van der Waals surface area contributed by atoms with Crippen molar-refractivity contribution in [3.63, 3.8) is 0 Å². The summed E-state index contributed by atoms with van der Waals surface area (Å²) in [5.74, 6) is -2.69. The molecule has 50 heavy (non-hydrogen) atoms. The second kappa shape index (κ2) is 15.8. The van der Waals surface area contributed by atoms with E-state index in [2.05, 4.69) is 47.0 Å². The van der Waals surface area contributed by atoms with E-state index in [1.54, 1.807) is 12.1 Å². The Labute approximate surface area is 290 Å². The maximum Gasteiger partial charge on any atom is 0.264 e. The van der Waals surface area contributed by atoms with Crippen molar-refractivity contribution in [1.82, 2.24) is 10.2 Å². The van der Waals surface area contributed by atoms with Gasteiger partial charge in [-0.15, -0.1) is 0 Å². The van der Waals surface area contributed by atoms with Gasteiger partial charge in [-0.3, -0.25) is 34.2 Å². The highest BCUT2D eigenvalue weighted by atomic mass is 16.5. The fraction of sp³-hybridized carbons (Fsp3) is 0.275. The first-order valence-corrected chi connectivity index (χ1v) is 16.9. The summed E-state index contributed by atoms with van der Waals surface area (Å²) < 4.78 is 12.7. The zero-order valence-corrected chi connectivity index (χ0v) is 27.6. The van der Waals surface area contributed by atoms with E-state index in [1.165, 1.54) is 6.07 Å².